The third-order valence-electron chi connectivity index (χ3n) is 4.70. The number of carbonyl (C=O) groups excluding carboxylic acids is 1. The highest BCUT2D eigenvalue weighted by molar-refractivity contribution is 9.10. The van der Waals surface area contributed by atoms with Crippen molar-refractivity contribution in [3.05, 3.63) is 75.2 Å². The summed E-state index contributed by atoms with van der Waals surface area (Å²) in [6.45, 7) is 4.44. The minimum absolute atomic E-state index is 0.0192. The molecule has 7 nitrogen and oxygen atoms in total. The van der Waals surface area contributed by atoms with Gasteiger partial charge in [0.2, 0.25) is 0 Å². The molecule has 1 aliphatic rings. The first-order valence-corrected chi connectivity index (χ1v) is 11.0. The lowest BCUT2D eigenvalue weighted by atomic mass is 9.95. The van der Waals surface area contributed by atoms with E-state index in [4.69, 9.17) is 14.2 Å². The Morgan fingerprint density at radius 3 is 2.70 bits per heavy atom. The molecule has 0 saturated heterocycles. The number of carbonyl (C=O) groups is 1. The summed E-state index contributed by atoms with van der Waals surface area (Å²) in [6, 6.07) is 5.83. The molecule has 0 aliphatic carbocycles. The van der Waals surface area contributed by atoms with Crippen LogP contribution in [0.25, 0.3) is 0 Å². The molecular formula is C23H24BrF2N3O4. The Hall–Kier alpha value is -2.69. The molecule has 2 aromatic rings. The fourth-order valence-corrected chi connectivity index (χ4v) is 3.77. The molecule has 1 atom stereocenters. The molecule has 0 amide bonds. The van der Waals surface area contributed by atoms with E-state index >= 15 is 0 Å². The van der Waals surface area contributed by atoms with Crippen molar-refractivity contribution < 1.29 is 27.8 Å². The second-order valence-corrected chi connectivity index (χ2v) is 8.22. The topological polar surface area (TPSA) is 82.0 Å². The number of aromatic nitrogens is 1. The van der Waals surface area contributed by atoms with Gasteiger partial charge in [-0.1, -0.05) is 22.0 Å². The van der Waals surface area contributed by atoms with Crippen LogP contribution in [0.15, 0.2) is 57.3 Å². The Bertz CT molecular complexity index is 1080. The van der Waals surface area contributed by atoms with Crippen LogP contribution in [-0.2, 0) is 19.0 Å². The van der Waals surface area contributed by atoms with Crippen LogP contribution < -0.4 is 5.32 Å². The number of benzene rings is 1. The Kier molecular flexibility index (Phi) is 8.65. The van der Waals surface area contributed by atoms with Crippen LogP contribution in [-0.4, -0.2) is 49.8 Å². The fourth-order valence-electron chi connectivity index (χ4n) is 3.21. The normalized spacial score (nSPS) is 16.0. The van der Waals surface area contributed by atoms with Crippen molar-refractivity contribution in [3.63, 3.8) is 0 Å². The van der Waals surface area contributed by atoms with E-state index in [-0.39, 0.29) is 36.4 Å². The number of halogens is 3. The SMILES string of the molecule is COC(=O)C1=C(COCCOC(C)C)NC(c2ncccc2F)=NC1c1ccc(F)cc1Br. The largest absolute Gasteiger partial charge is 0.466 e. The van der Waals surface area contributed by atoms with Gasteiger partial charge in [0.05, 0.1) is 44.3 Å². The van der Waals surface area contributed by atoms with E-state index < -0.39 is 23.6 Å². The zero-order valence-corrected chi connectivity index (χ0v) is 20.0. The molecule has 1 N–H and O–H groups in total. The number of nitrogens with zero attached hydrogens (tertiary/aromatic N) is 2. The molecule has 176 valence electrons. The molecule has 1 unspecified atom stereocenters. The van der Waals surface area contributed by atoms with Crippen molar-refractivity contribution in [1.29, 1.82) is 0 Å². The highest BCUT2D eigenvalue weighted by Gasteiger charge is 2.34. The molecule has 0 bridgehead atoms. The van der Waals surface area contributed by atoms with Crippen molar-refractivity contribution in [3.8, 4) is 0 Å². The molecule has 3 rings (SSSR count). The number of esters is 1. The summed E-state index contributed by atoms with van der Waals surface area (Å²) < 4.78 is 44.8. The quantitative estimate of drug-likeness (QED) is 0.394. The van der Waals surface area contributed by atoms with E-state index in [9.17, 15) is 13.6 Å². The number of nitrogens with one attached hydrogen (secondary N) is 1. The first kappa shape index (κ1) is 24.9. The smallest absolute Gasteiger partial charge is 0.338 e. The highest BCUT2D eigenvalue weighted by atomic mass is 79.9. The zero-order chi connectivity index (χ0) is 24.0. The molecule has 0 fully saturated rings. The van der Waals surface area contributed by atoms with Crippen LogP contribution in [0.2, 0.25) is 0 Å². The maximum atomic E-state index is 14.5. The fraction of sp³-hybridized carbons (Fsp3) is 0.348. The van der Waals surface area contributed by atoms with Gasteiger partial charge in [-0.15, -0.1) is 0 Å². The van der Waals surface area contributed by atoms with Crippen LogP contribution in [0.3, 0.4) is 0 Å². The Balaban J connectivity index is 2.04. The first-order chi connectivity index (χ1) is 15.8. The van der Waals surface area contributed by atoms with E-state index in [1.165, 1.54) is 43.6 Å². The lowest BCUT2D eigenvalue weighted by molar-refractivity contribution is -0.136. The molecule has 1 aromatic heterocycles. The van der Waals surface area contributed by atoms with Gasteiger partial charge in [0.25, 0.3) is 0 Å². The molecule has 33 heavy (non-hydrogen) atoms. The van der Waals surface area contributed by atoms with Gasteiger partial charge in [-0.2, -0.15) is 0 Å². The number of hydrogen-bond donors (Lipinski definition) is 1. The standard InChI is InChI=1S/C23H24BrF2N3O4/c1-13(2)33-10-9-32-12-18-19(23(30)31-3)20(15-7-6-14(25)11-16(15)24)29-22(28-18)21-17(26)5-4-8-27-21/h4-8,11,13,20H,9-10,12H2,1-3H3,(H,28,29). The number of hydrogen-bond acceptors (Lipinski definition) is 7. The summed E-state index contributed by atoms with van der Waals surface area (Å²) in [5.74, 6) is -1.59. The predicted octanol–water partition coefficient (Wildman–Crippen LogP) is 4.08. The van der Waals surface area contributed by atoms with Crippen molar-refractivity contribution in [2.45, 2.75) is 26.0 Å². The van der Waals surface area contributed by atoms with Gasteiger partial charge in [0.15, 0.2) is 11.7 Å². The lowest BCUT2D eigenvalue weighted by Gasteiger charge is -2.28. The molecule has 1 aromatic carbocycles. The Morgan fingerprint density at radius 2 is 2.03 bits per heavy atom. The summed E-state index contributed by atoms with van der Waals surface area (Å²) >= 11 is 3.34. The third kappa shape index (κ3) is 6.21. The van der Waals surface area contributed by atoms with Crippen molar-refractivity contribution in [2.75, 3.05) is 26.9 Å². The highest BCUT2D eigenvalue weighted by Crippen LogP contribution is 2.36. The van der Waals surface area contributed by atoms with Gasteiger partial charge in [-0.25, -0.2) is 18.6 Å². The van der Waals surface area contributed by atoms with Gasteiger partial charge in [0.1, 0.15) is 17.6 Å². The maximum absolute atomic E-state index is 14.5. The van der Waals surface area contributed by atoms with E-state index in [2.05, 4.69) is 31.2 Å². The summed E-state index contributed by atoms with van der Waals surface area (Å²) in [4.78, 5) is 21.4. The first-order valence-electron chi connectivity index (χ1n) is 10.2. The minimum Gasteiger partial charge on any atom is -0.466 e. The molecule has 2 heterocycles. The zero-order valence-electron chi connectivity index (χ0n) is 18.4. The van der Waals surface area contributed by atoms with E-state index in [0.717, 1.165) is 0 Å². The number of methoxy groups -OCH3 is 1. The second-order valence-electron chi connectivity index (χ2n) is 7.36. The van der Waals surface area contributed by atoms with Crippen LogP contribution >= 0.6 is 15.9 Å². The molecule has 0 radical (unpaired) electrons. The summed E-state index contributed by atoms with van der Waals surface area (Å²) in [6.07, 6.45) is 1.49. The number of amidine groups is 1. The van der Waals surface area contributed by atoms with Gasteiger partial charge in [-0.05, 0) is 43.7 Å². The van der Waals surface area contributed by atoms with Gasteiger partial charge >= 0.3 is 5.97 Å². The van der Waals surface area contributed by atoms with Crippen LogP contribution in [0, 0.1) is 11.6 Å². The average Bonchev–Trinajstić information content (AvgIpc) is 2.78. The van der Waals surface area contributed by atoms with Crippen LogP contribution in [0.4, 0.5) is 8.78 Å². The van der Waals surface area contributed by atoms with E-state index in [0.29, 0.717) is 22.3 Å². The van der Waals surface area contributed by atoms with Gasteiger partial charge in [-0.3, -0.25) is 4.99 Å². The van der Waals surface area contributed by atoms with Crippen molar-refractivity contribution >= 4 is 27.7 Å². The van der Waals surface area contributed by atoms with E-state index in [1.54, 1.807) is 0 Å². The predicted molar refractivity (Wildman–Crippen MR) is 122 cm³/mol. The average molecular weight is 524 g/mol. The minimum atomic E-state index is -0.921. The molecule has 0 spiro atoms. The summed E-state index contributed by atoms with van der Waals surface area (Å²) in [5.41, 5.74) is 0.968. The van der Waals surface area contributed by atoms with Crippen molar-refractivity contribution in [2.24, 2.45) is 4.99 Å². The van der Waals surface area contributed by atoms with E-state index in [1.807, 2.05) is 13.8 Å². The number of pyridine rings is 1. The molecule has 10 heteroatoms. The summed E-state index contributed by atoms with van der Waals surface area (Å²) in [7, 11) is 1.25. The summed E-state index contributed by atoms with van der Waals surface area (Å²) in [5, 5.41) is 2.98. The monoisotopic (exact) mass is 523 g/mol. The van der Waals surface area contributed by atoms with Crippen LogP contribution in [0.1, 0.15) is 31.1 Å². The number of rotatable bonds is 9. The third-order valence-corrected chi connectivity index (χ3v) is 5.38. The van der Waals surface area contributed by atoms with Gasteiger partial charge < -0.3 is 19.5 Å². The van der Waals surface area contributed by atoms with Crippen LogP contribution in [0.5, 0.6) is 0 Å². The number of ether oxygens (including phenoxy) is 3. The number of aliphatic imine (C=N–C) groups is 1. The molecular weight excluding hydrogens is 500 g/mol. The molecule has 1 aliphatic heterocycles. The Labute approximate surface area is 199 Å². The molecule has 0 saturated carbocycles. The maximum Gasteiger partial charge on any atom is 0.338 e. The van der Waals surface area contributed by atoms with Gasteiger partial charge in [0, 0.05) is 10.7 Å². The lowest BCUT2D eigenvalue weighted by Crippen LogP contribution is -2.36. The second kappa shape index (κ2) is 11.4. The van der Waals surface area contributed by atoms with Crippen molar-refractivity contribution in [1.82, 2.24) is 10.3 Å². The Morgan fingerprint density at radius 1 is 1.24 bits per heavy atom.